The molecule has 2 aromatic rings. The van der Waals surface area contributed by atoms with Gasteiger partial charge in [0, 0.05) is 58.7 Å². The van der Waals surface area contributed by atoms with E-state index in [9.17, 15) is 8.42 Å². The van der Waals surface area contributed by atoms with Crippen LogP contribution in [0, 0.1) is 0 Å². The van der Waals surface area contributed by atoms with Crippen LogP contribution in [0.4, 0.5) is 0 Å². The minimum absolute atomic E-state index is 0. The smallest absolute Gasteiger partial charge is 0.242 e. The second-order valence-electron chi connectivity index (χ2n) is 6.65. The molecule has 9 heteroatoms. The SMILES string of the molecule is CN(C)S(=O)(=O)c1ccc(OCCN2CCNCC2c2cccnc2)cc1.Cl. The van der Waals surface area contributed by atoms with Gasteiger partial charge in [-0.15, -0.1) is 12.4 Å². The summed E-state index contributed by atoms with van der Waals surface area (Å²) in [6, 6.07) is 10.9. The Hall–Kier alpha value is -1.71. The van der Waals surface area contributed by atoms with Gasteiger partial charge in [0.05, 0.1) is 4.90 Å². The number of rotatable bonds is 7. The van der Waals surface area contributed by atoms with Crippen LogP contribution in [0.5, 0.6) is 5.75 Å². The number of hydrogen-bond donors (Lipinski definition) is 1. The van der Waals surface area contributed by atoms with E-state index < -0.39 is 10.0 Å². The molecule has 0 bridgehead atoms. The third-order valence-corrected chi connectivity index (χ3v) is 6.50. The Morgan fingerprint density at radius 3 is 2.64 bits per heavy atom. The highest BCUT2D eigenvalue weighted by Gasteiger charge is 2.23. The maximum atomic E-state index is 12.1. The van der Waals surface area contributed by atoms with E-state index in [1.807, 2.05) is 12.3 Å². The zero-order chi connectivity index (χ0) is 19.3. The maximum absolute atomic E-state index is 12.1. The summed E-state index contributed by atoms with van der Waals surface area (Å²) in [5.41, 5.74) is 1.20. The minimum atomic E-state index is -3.41. The quantitative estimate of drug-likeness (QED) is 0.727. The first-order valence-electron chi connectivity index (χ1n) is 8.98. The summed E-state index contributed by atoms with van der Waals surface area (Å²) in [6.45, 7) is 4.12. The zero-order valence-corrected chi connectivity index (χ0v) is 17.7. The lowest BCUT2D eigenvalue weighted by Gasteiger charge is -2.36. The molecule has 0 amide bonds. The van der Waals surface area contributed by atoms with Gasteiger partial charge in [0.25, 0.3) is 0 Å². The summed E-state index contributed by atoms with van der Waals surface area (Å²) in [4.78, 5) is 6.87. The van der Waals surface area contributed by atoms with Crippen LogP contribution >= 0.6 is 12.4 Å². The molecule has 1 aliphatic rings. The second-order valence-corrected chi connectivity index (χ2v) is 8.80. The Morgan fingerprint density at radius 2 is 2.00 bits per heavy atom. The van der Waals surface area contributed by atoms with Crippen molar-refractivity contribution in [2.24, 2.45) is 0 Å². The van der Waals surface area contributed by atoms with Crippen LogP contribution in [0.2, 0.25) is 0 Å². The van der Waals surface area contributed by atoms with Crippen molar-refractivity contribution in [3.05, 3.63) is 54.4 Å². The van der Waals surface area contributed by atoms with Crippen LogP contribution in [0.3, 0.4) is 0 Å². The molecule has 28 heavy (non-hydrogen) atoms. The number of nitrogens with zero attached hydrogens (tertiary/aromatic N) is 3. The molecule has 0 radical (unpaired) electrons. The van der Waals surface area contributed by atoms with E-state index in [1.165, 1.54) is 24.0 Å². The Morgan fingerprint density at radius 1 is 1.25 bits per heavy atom. The van der Waals surface area contributed by atoms with Crippen LogP contribution in [0.15, 0.2) is 53.7 Å². The first-order chi connectivity index (χ1) is 13.0. The Labute approximate surface area is 173 Å². The van der Waals surface area contributed by atoms with Crippen molar-refractivity contribution in [2.45, 2.75) is 10.9 Å². The van der Waals surface area contributed by atoms with E-state index in [-0.39, 0.29) is 23.3 Å². The summed E-state index contributed by atoms with van der Waals surface area (Å²) in [6.07, 6.45) is 3.70. The fourth-order valence-corrected chi connectivity index (χ4v) is 4.02. The van der Waals surface area contributed by atoms with Crippen molar-refractivity contribution in [1.82, 2.24) is 19.5 Å². The first-order valence-corrected chi connectivity index (χ1v) is 10.4. The lowest BCUT2D eigenvalue weighted by Crippen LogP contribution is -2.47. The topological polar surface area (TPSA) is 74.8 Å². The zero-order valence-electron chi connectivity index (χ0n) is 16.1. The fourth-order valence-electron chi connectivity index (χ4n) is 3.12. The van der Waals surface area contributed by atoms with Crippen molar-refractivity contribution >= 4 is 22.4 Å². The number of hydrogen-bond acceptors (Lipinski definition) is 6. The first kappa shape index (κ1) is 22.6. The number of nitrogens with one attached hydrogen (secondary N) is 1. The maximum Gasteiger partial charge on any atom is 0.242 e. The van der Waals surface area contributed by atoms with Gasteiger partial charge in [-0.05, 0) is 35.9 Å². The van der Waals surface area contributed by atoms with E-state index in [4.69, 9.17) is 4.74 Å². The summed E-state index contributed by atoms with van der Waals surface area (Å²) in [5.74, 6) is 0.667. The second kappa shape index (κ2) is 10.2. The van der Waals surface area contributed by atoms with Crippen molar-refractivity contribution < 1.29 is 13.2 Å². The van der Waals surface area contributed by atoms with Crippen molar-refractivity contribution in [2.75, 3.05) is 46.9 Å². The van der Waals surface area contributed by atoms with Crippen LogP contribution in [-0.4, -0.2) is 69.5 Å². The van der Waals surface area contributed by atoms with Gasteiger partial charge >= 0.3 is 0 Å². The van der Waals surface area contributed by atoms with E-state index in [0.29, 0.717) is 12.4 Å². The molecule has 1 aliphatic heterocycles. The highest BCUT2D eigenvalue weighted by molar-refractivity contribution is 7.89. The molecule has 1 atom stereocenters. The standard InChI is InChI=1S/C19H26N4O3S.ClH/c1-22(2)27(24,25)18-7-5-17(6-8-18)26-13-12-23-11-10-21-15-19(23)16-4-3-9-20-14-16;/h3-9,14,19,21H,10-13,15H2,1-2H3;1H. The number of sulfonamides is 1. The molecular weight excluding hydrogens is 400 g/mol. The number of halogens is 1. The van der Waals surface area contributed by atoms with Crippen molar-refractivity contribution in [3.63, 3.8) is 0 Å². The molecule has 154 valence electrons. The Kier molecular flexibility index (Phi) is 8.21. The van der Waals surface area contributed by atoms with Gasteiger partial charge in [-0.1, -0.05) is 6.07 Å². The lowest BCUT2D eigenvalue weighted by atomic mass is 10.1. The molecule has 1 aromatic carbocycles. The average molecular weight is 427 g/mol. The highest BCUT2D eigenvalue weighted by Crippen LogP contribution is 2.22. The number of benzene rings is 1. The van der Waals surface area contributed by atoms with E-state index in [2.05, 4.69) is 21.3 Å². The Bertz CT molecular complexity index is 832. The van der Waals surface area contributed by atoms with Crippen LogP contribution in [0.25, 0.3) is 0 Å². The predicted octanol–water partition coefficient (Wildman–Crippen LogP) is 1.78. The Balaban J connectivity index is 0.00000280. The van der Waals surface area contributed by atoms with Crippen LogP contribution < -0.4 is 10.1 Å². The van der Waals surface area contributed by atoms with Gasteiger partial charge < -0.3 is 10.1 Å². The molecule has 2 heterocycles. The summed E-state index contributed by atoms with van der Waals surface area (Å²) in [5, 5.41) is 3.43. The van der Waals surface area contributed by atoms with Gasteiger partial charge in [0.1, 0.15) is 12.4 Å². The predicted molar refractivity (Wildman–Crippen MR) is 111 cm³/mol. The number of ether oxygens (including phenoxy) is 1. The molecule has 1 saturated heterocycles. The molecule has 1 unspecified atom stereocenters. The van der Waals surface area contributed by atoms with Gasteiger partial charge in [-0.2, -0.15) is 0 Å². The molecule has 1 N–H and O–H groups in total. The third kappa shape index (κ3) is 5.42. The van der Waals surface area contributed by atoms with E-state index >= 15 is 0 Å². The van der Waals surface area contributed by atoms with E-state index in [1.54, 1.807) is 30.5 Å². The largest absolute Gasteiger partial charge is 0.492 e. The van der Waals surface area contributed by atoms with Crippen molar-refractivity contribution in [3.8, 4) is 5.75 Å². The molecular formula is C19H27ClN4O3S. The summed E-state index contributed by atoms with van der Waals surface area (Å²) >= 11 is 0. The van der Waals surface area contributed by atoms with Gasteiger partial charge in [0.15, 0.2) is 0 Å². The summed E-state index contributed by atoms with van der Waals surface area (Å²) < 4.78 is 31.2. The van der Waals surface area contributed by atoms with Crippen LogP contribution in [-0.2, 0) is 10.0 Å². The normalized spacial score (nSPS) is 17.9. The van der Waals surface area contributed by atoms with Gasteiger partial charge in [-0.3, -0.25) is 9.88 Å². The summed E-state index contributed by atoms with van der Waals surface area (Å²) in [7, 11) is -0.373. The van der Waals surface area contributed by atoms with Gasteiger partial charge in [-0.25, -0.2) is 12.7 Å². The third-order valence-electron chi connectivity index (χ3n) is 4.67. The van der Waals surface area contributed by atoms with E-state index in [0.717, 1.165) is 26.2 Å². The number of piperazine rings is 1. The minimum Gasteiger partial charge on any atom is -0.492 e. The number of aromatic nitrogens is 1. The molecule has 0 spiro atoms. The molecule has 0 saturated carbocycles. The molecule has 1 aromatic heterocycles. The van der Waals surface area contributed by atoms with Gasteiger partial charge in [0.2, 0.25) is 10.0 Å². The molecule has 7 nitrogen and oxygen atoms in total. The average Bonchev–Trinajstić information content (AvgIpc) is 2.69. The van der Waals surface area contributed by atoms with Crippen molar-refractivity contribution in [1.29, 1.82) is 0 Å². The molecule has 0 aliphatic carbocycles. The number of pyridine rings is 1. The molecule has 1 fully saturated rings. The fraction of sp³-hybridized carbons (Fsp3) is 0.421. The monoisotopic (exact) mass is 426 g/mol. The van der Waals surface area contributed by atoms with Crippen LogP contribution in [0.1, 0.15) is 11.6 Å². The highest BCUT2D eigenvalue weighted by atomic mass is 35.5. The molecule has 3 rings (SSSR count). The lowest BCUT2D eigenvalue weighted by molar-refractivity contribution is 0.134.